The first-order valence-corrected chi connectivity index (χ1v) is 7.68. The van der Waals surface area contributed by atoms with E-state index in [2.05, 4.69) is 24.4 Å². The quantitative estimate of drug-likeness (QED) is 0.837. The maximum absolute atomic E-state index is 3.69. The Hall–Kier alpha value is -0.820. The van der Waals surface area contributed by atoms with Gasteiger partial charge in [-0.2, -0.15) is 0 Å². The second-order valence-electron chi connectivity index (χ2n) is 6.06. The second kappa shape index (κ2) is 5.44. The highest BCUT2D eigenvalue weighted by Crippen LogP contribution is 2.28. The zero-order chi connectivity index (χ0) is 12.4. The average Bonchev–Trinajstić information content (AvgIpc) is 2.44. The van der Waals surface area contributed by atoms with Gasteiger partial charge in [-0.05, 0) is 80.7 Å². The normalized spacial score (nSPS) is 23.7. The van der Waals surface area contributed by atoms with Gasteiger partial charge in [-0.3, -0.25) is 0 Å². The van der Waals surface area contributed by atoms with E-state index >= 15 is 0 Å². The molecule has 1 heterocycles. The van der Waals surface area contributed by atoms with Gasteiger partial charge in [0.1, 0.15) is 0 Å². The first-order chi connectivity index (χ1) is 8.84. The van der Waals surface area contributed by atoms with E-state index in [1.165, 1.54) is 63.5 Å². The van der Waals surface area contributed by atoms with Crippen LogP contribution in [-0.2, 0) is 19.3 Å². The minimum absolute atomic E-state index is 0.729. The first kappa shape index (κ1) is 12.2. The van der Waals surface area contributed by atoms with E-state index in [9.17, 15) is 0 Å². The molecule has 1 N–H and O–H groups in total. The molecule has 1 fully saturated rings. The van der Waals surface area contributed by atoms with Gasteiger partial charge < -0.3 is 5.32 Å². The fraction of sp³-hybridized carbons (Fsp3) is 0.647. The van der Waals surface area contributed by atoms with Crippen LogP contribution in [0.25, 0.3) is 0 Å². The lowest BCUT2D eigenvalue weighted by Gasteiger charge is -2.27. The van der Waals surface area contributed by atoms with Crippen molar-refractivity contribution in [1.29, 1.82) is 0 Å². The van der Waals surface area contributed by atoms with Crippen molar-refractivity contribution in [2.24, 2.45) is 0 Å². The standard InChI is InChI=1S/C17H25N/c1-13-9-10-14(12-15-6-4-5-11-18-15)17-8-3-2-7-16(13)17/h9-10,15,18H,2-8,11-12H2,1H3. The summed E-state index contributed by atoms with van der Waals surface area (Å²) in [5.41, 5.74) is 6.53. The summed E-state index contributed by atoms with van der Waals surface area (Å²) in [6.45, 7) is 3.51. The van der Waals surface area contributed by atoms with Crippen LogP contribution in [0, 0.1) is 6.92 Å². The van der Waals surface area contributed by atoms with E-state index < -0.39 is 0 Å². The van der Waals surface area contributed by atoms with E-state index in [4.69, 9.17) is 0 Å². The molecule has 1 heteroatoms. The Labute approximate surface area is 111 Å². The van der Waals surface area contributed by atoms with Crippen LogP contribution in [0.1, 0.15) is 54.4 Å². The van der Waals surface area contributed by atoms with Gasteiger partial charge in [-0.15, -0.1) is 0 Å². The maximum Gasteiger partial charge on any atom is 0.0108 e. The van der Waals surface area contributed by atoms with Gasteiger partial charge in [0.2, 0.25) is 0 Å². The molecule has 1 aliphatic heterocycles. The summed E-state index contributed by atoms with van der Waals surface area (Å²) in [5, 5.41) is 3.69. The molecule has 1 aliphatic carbocycles. The van der Waals surface area contributed by atoms with E-state index in [1.807, 2.05) is 0 Å². The lowest BCUT2D eigenvalue weighted by molar-refractivity contribution is 0.398. The zero-order valence-corrected chi connectivity index (χ0v) is 11.6. The highest BCUT2D eigenvalue weighted by Gasteiger charge is 2.19. The average molecular weight is 243 g/mol. The highest BCUT2D eigenvalue weighted by atomic mass is 14.9. The molecule has 0 amide bonds. The van der Waals surface area contributed by atoms with Gasteiger partial charge >= 0.3 is 0 Å². The summed E-state index contributed by atoms with van der Waals surface area (Å²) in [5.74, 6) is 0. The third-order valence-corrected chi connectivity index (χ3v) is 4.74. The number of aryl methyl sites for hydroxylation is 1. The van der Waals surface area contributed by atoms with Crippen LogP contribution >= 0.6 is 0 Å². The van der Waals surface area contributed by atoms with Crippen molar-refractivity contribution >= 4 is 0 Å². The molecule has 1 unspecified atom stereocenters. The topological polar surface area (TPSA) is 12.0 Å². The van der Waals surface area contributed by atoms with Crippen LogP contribution in [0.4, 0.5) is 0 Å². The molecule has 1 atom stereocenters. The number of rotatable bonds is 2. The molecular formula is C17H25N. The van der Waals surface area contributed by atoms with Crippen LogP contribution in [0.15, 0.2) is 12.1 Å². The van der Waals surface area contributed by atoms with Crippen molar-refractivity contribution in [2.45, 2.75) is 64.3 Å². The molecule has 1 aromatic carbocycles. The van der Waals surface area contributed by atoms with Gasteiger partial charge in [0.15, 0.2) is 0 Å². The minimum atomic E-state index is 0.729. The van der Waals surface area contributed by atoms with E-state index in [1.54, 1.807) is 16.7 Å². The Morgan fingerprint density at radius 2 is 1.89 bits per heavy atom. The molecule has 1 nitrogen and oxygen atoms in total. The van der Waals surface area contributed by atoms with Gasteiger partial charge in [-0.1, -0.05) is 18.6 Å². The van der Waals surface area contributed by atoms with Crippen molar-refractivity contribution in [3.63, 3.8) is 0 Å². The minimum Gasteiger partial charge on any atom is -0.314 e. The fourth-order valence-electron chi connectivity index (χ4n) is 3.68. The molecule has 3 rings (SSSR count). The number of hydrogen-bond acceptors (Lipinski definition) is 1. The SMILES string of the molecule is Cc1ccc(CC2CCCCN2)c2c1CCCC2. The zero-order valence-electron chi connectivity index (χ0n) is 11.6. The smallest absolute Gasteiger partial charge is 0.0108 e. The van der Waals surface area contributed by atoms with Crippen molar-refractivity contribution in [2.75, 3.05) is 6.54 Å². The molecule has 1 aromatic rings. The lowest BCUT2D eigenvalue weighted by Crippen LogP contribution is -2.36. The van der Waals surface area contributed by atoms with Crippen LogP contribution in [0.3, 0.4) is 0 Å². The molecule has 98 valence electrons. The Morgan fingerprint density at radius 1 is 1.06 bits per heavy atom. The van der Waals surface area contributed by atoms with Crippen LogP contribution in [0.2, 0.25) is 0 Å². The Bertz CT molecular complexity index is 416. The summed E-state index contributed by atoms with van der Waals surface area (Å²) >= 11 is 0. The largest absolute Gasteiger partial charge is 0.314 e. The van der Waals surface area contributed by atoms with Gasteiger partial charge in [0.25, 0.3) is 0 Å². The fourth-order valence-corrected chi connectivity index (χ4v) is 3.68. The molecule has 0 saturated carbocycles. The maximum atomic E-state index is 3.69. The number of fused-ring (bicyclic) bond motifs is 1. The Morgan fingerprint density at radius 3 is 2.67 bits per heavy atom. The van der Waals surface area contributed by atoms with Crippen molar-refractivity contribution in [3.05, 3.63) is 34.4 Å². The summed E-state index contributed by atoms with van der Waals surface area (Å²) < 4.78 is 0. The predicted octanol–water partition coefficient (Wildman–Crippen LogP) is 3.56. The lowest BCUT2D eigenvalue weighted by atomic mass is 9.83. The molecule has 0 radical (unpaired) electrons. The van der Waals surface area contributed by atoms with Gasteiger partial charge in [0, 0.05) is 6.04 Å². The van der Waals surface area contributed by atoms with Crippen LogP contribution in [0.5, 0.6) is 0 Å². The molecule has 0 bridgehead atoms. The van der Waals surface area contributed by atoms with E-state index in [-0.39, 0.29) is 0 Å². The molecule has 2 aliphatic rings. The van der Waals surface area contributed by atoms with Gasteiger partial charge in [0.05, 0.1) is 0 Å². The summed E-state index contributed by atoms with van der Waals surface area (Å²) in [6.07, 6.45) is 10.8. The number of piperidine rings is 1. The molecule has 1 saturated heterocycles. The van der Waals surface area contributed by atoms with Crippen molar-refractivity contribution in [3.8, 4) is 0 Å². The summed E-state index contributed by atoms with van der Waals surface area (Å²) in [4.78, 5) is 0. The number of benzene rings is 1. The number of nitrogens with one attached hydrogen (secondary N) is 1. The highest BCUT2D eigenvalue weighted by molar-refractivity contribution is 5.42. The summed E-state index contributed by atoms with van der Waals surface area (Å²) in [7, 11) is 0. The van der Waals surface area contributed by atoms with Crippen molar-refractivity contribution < 1.29 is 0 Å². The van der Waals surface area contributed by atoms with Crippen molar-refractivity contribution in [1.82, 2.24) is 5.32 Å². The molecular weight excluding hydrogens is 218 g/mol. The Kier molecular flexibility index (Phi) is 3.69. The third-order valence-electron chi connectivity index (χ3n) is 4.74. The third kappa shape index (κ3) is 2.47. The van der Waals surface area contributed by atoms with Crippen LogP contribution in [-0.4, -0.2) is 12.6 Å². The van der Waals surface area contributed by atoms with Crippen LogP contribution < -0.4 is 5.32 Å². The monoisotopic (exact) mass is 243 g/mol. The summed E-state index contributed by atoms with van der Waals surface area (Å²) in [6, 6.07) is 5.48. The molecule has 18 heavy (non-hydrogen) atoms. The van der Waals surface area contributed by atoms with E-state index in [0.29, 0.717) is 0 Å². The number of hydrogen-bond donors (Lipinski definition) is 1. The molecule has 0 spiro atoms. The first-order valence-electron chi connectivity index (χ1n) is 7.68. The molecule has 0 aromatic heterocycles. The Balaban J connectivity index is 1.82. The van der Waals surface area contributed by atoms with Gasteiger partial charge in [-0.25, -0.2) is 0 Å². The predicted molar refractivity (Wildman–Crippen MR) is 77.2 cm³/mol. The van der Waals surface area contributed by atoms with E-state index in [0.717, 1.165) is 6.04 Å². The second-order valence-corrected chi connectivity index (χ2v) is 6.06.